The summed E-state index contributed by atoms with van der Waals surface area (Å²) in [6.07, 6.45) is 0. The van der Waals surface area contributed by atoms with Gasteiger partial charge in [0.1, 0.15) is 11.6 Å². The van der Waals surface area contributed by atoms with Crippen molar-refractivity contribution in [2.45, 2.75) is 11.8 Å². The second-order valence-corrected chi connectivity index (χ2v) is 6.18. The maximum absolute atomic E-state index is 13.7. The van der Waals surface area contributed by atoms with Crippen molar-refractivity contribution in [2.24, 2.45) is 5.16 Å². The molecule has 0 saturated carbocycles. The number of oxime groups is 1. The molecule has 0 atom stereocenters. The maximum Gasteiger partial charge on any atom is 0.228 e. The summed E-state index contributed by atoms with van der Waals surface area (Å²) >= 11 is 0. The van der Waals surface area contributed by atoms with Crippen molar-refractivity contribution in [1.29, 1.82) is 0 Å². The van der Waals surface area contributed by atoms with Crippen molar-refractivity contribution in [3.05, 3.63) is 65.2 Å². The van der Waals surface area contributed by atoms with Crippen LogP contribution in [0.4, 0.5) is 8.78 Å². The number of hydrogen-bond donors (Lipinski definition) is 1. The molecule has 2 aromatic rings. The van der Waals surface area contributed by atoms with Crippen LogP contribution in [0.2, 0.25) is 0 Å². The molecule has 7 heteroatoms. The lowest BCUT2D eigenvalue weighted by atomic mass is 10.2. The maximum atomic E-state index is 13.7. The standard InChI is InChI=1S/C14H11F2NO3S/c1-9-5-7-10(8-6-9)21(19,20)14(17-18)13-11(15)3-2-4-12(13)16/h2-8,18H,1H3. The van der Waals surface area contributed by atoms with E-state index >= 15 is 0 Å². The Labute approximate surface area is 120 Å². The minimum atomic E-state index is -4.35. The van der Waals surface area contributed by atoms with Gasteiger partial charge in [0.15, 0.2) is 0 Å². The lowest BCUT2D eigenvalue weighted by Crippen LogP contribution is -2.19. The van der Waals surface area contributed by atoms with E-state index in [9.17, 15) is 17.2 Å². The quantitative estimate of drug-likeness (QED) is 0.401. The Morgan fingerprint density at radius 1 is 1.05 bits per heavy atom. The van der Waals surface area contributed by atoms with Crippen LogP contribution in [0.1, 0.15) is 11.1 Å². The van der Waals surface area contributed by atoms with Crippen molar-refractivity contribution < 1.29 is 22.4 Å². The van der Waals surface area contributed by atoms with Crippen LogP contribution < -0.4 is 0 Å². The summed E-state index contributed by atoms with van der Waals surface area (Å²) in [5, 5.41) is 10.5. The van der Waals surface area contributed by atoms with E-state index in [1.165, 1.54) is 24.3 Å². The van der Waals surface area contributed by atoms with E-state index < -0.39 is 32.1 Å². The number of aryl methyl sites for hydroxylation is 1. The topological polar surface area (TPSA) is 66.7 Å². The smallest absolute Gasteiger partial charge is 0.228 e. The van der Waals surface area contributed by atoms with E-state index in [1.807, 2.05) is 0 Å². The first kappa shape index (κ1) is 15.1. The van der Waals surface area contributed by atoms with E-state index in [0.717, 1.165) is 23.8 Å². The molecule has 0 aliphatic heterocycles. The van der Waals surface area contributed by atoms with E-state index in [1.54, 1.807) is 6.92 Å². The Balaban J connectivity index is 2.64. The highest BCUT2D eigenvalue weighted by Gasteiger charge is 2.29. The first-order valence-corrected chi connectivity index (χ1v) is 7.34. The van der Waals surface area contributed by atoms with Crippen molar-refractivity contribution in [2.75, 3.05) is 0 Å². The molecule has 0 spiro atoms. The van der Waals surface area contributed by atoms with Gasteiger partial charge in [-0.25, -0.2) is 17.2 Å². The second kappa shape index (κ2) is 5.61. The van der Waals surface area contributed by atoms with Crippen LogP contribution in [-0.2, 0) is 9.84 Å². The summed E-state index contributed by atoms with van der Waals surface area (Å²) in [5.41, 5.74) is -0.0749. The molecule has 0 saturated heterocycles. The summed E-state index contributed by atoms with van der Waals surface area (Å²) in [7, 11) is -4.35. The third-order valence-corrected chi connectivity index (χ3v) is 4.54. The molecule has 110 valence electrons. The van der Waals surface area contributed by atoms with Gasteiger partial charge < -0.3 is 5.21 Å². The fourth-order valence-corrected chi connectivity index (χ4v) is 3.06. The summed E-state index contributed by atoms with van der Waals surface area (Å²) in [5.74, 6) is -2.25. The third-order valence-electron chi connectivity index (χ3n) is 2.85. The van der Waals surface area contributed by atoms with Gasteiger partial charge in [-0.1, -0.05) is 28.9 Å². The molecule has 2 aromatic carbocycles. The molecule has 0 aliphatic carbocycles. The molecule has 0 fully saturated rings. The van der Waals surface area contributed by atoms with E-state index in [4.69, 9.17) is 5.21 Å². The minimum absolute atomic E-state index is 0.219. The van der Waals surface area contributed by atoms with Crippen LogP contribution in [0.15, 0.2) is 52.5 Å². The van der Waals surface area contributed by atoms with Crippen molar-refractivity contribution in [3.63, 3.8) is 0 Å². The molecule has 2 rings (SSSR count). The zero-order chi connectivity index (χ0) is 15.6. The van der Waals surface area contributed by atoms with Gasteiger partial charge in [0, 0.05) is 0 Å². The van der Waals surface area contributed by atoms with Crippen molar-refractivity contribution in [3.8, 4) is 0 Å². The number of rotatable bonds is 2. The Kier molecular flexibility index (Phi) is 4.04. The average molecular weight is 311 g/mol. The second-order valence-electron chi connectivity index (χ2n) is 4.32. The summed E-state index contributed by atoms with van der Waals surface area (Å²) in [6, 6.07) is 8.45. The van der Waals surface area contributed by atoms with Crippen LogP contribution in [0.5, 0.6) is 0 Å². The molecule has 0 bridgehead atoms. The van der Waals surface area contributed by atoms with Crippen LogP contribution in [0.3, 0.4) is 0 Å². The molecule has 1 N–H and O–H groups in total. The van der Waals surface area contributed by atoms with Gasteiger partial charge in [-0.15, -0.1) is 0 Å². The largest absolute Gasteiger partial charge is 0.410 e. The van der Waals surface area contributed by atoms with Gasteiger partial charge in [0.25, 0.3) is 0 Å². The molecule has 0 unspecified atom stereocenters. The molecule has 4 nitrogen and oxygen atoms in total. The van der Waals surface area contributed by atoms with Gasteiger partial charge in [-0.05, 0) is 31.2 Å². The lowest BCUT2D eigenvalue weighted by molar-refractivity contribution is 0.320. The molecular formula is C14H11F2NO3S. The van der Waals surface area contributed by atoms with Crippen LogP contribution >= 0.6 is 0 Å². The number of sulfone groups is 1. The molecule has 21 heavy (non-hydrogen) atoms. The highest BCUT2D eigenvalue weighted by molar-refractivity contribution is 8.07. The zero-order valence-corrected chi connectivity index (χ0v) is 11.7. The minimum Gasteiger partial charge on any atom is -0.410 e. The van der Waals surface area contributed by atoms with Gasteiger partial charge in [0.05, 0.1) is 10.5 Å². The van der Waals surface area contributed by atoms with Gasteiger partial charge in [-0.3, -0.25) is 0 Å². The first-order chi connectivity index (χ1) is 9.87. The average Bonchev–Trinajstić information content (AvgIpc) is 2.43. The Bertz CT molecular complexity index is 779. The van der Waals surface area contributed by atoms with Gasteiger partial charge >= 0.3 is 0 Å². The molecule has 0 aromatic heterocycles. The fraction of sp³-hybridized carbons (Fsp3) is 0.0714. The molecule has 0 amide bonds. The summed E-state index contributed by atoms with van der Waals surface area (Å²) in [6.45, 7) is 1.76. The van der Waals surface area contributed by atoms with Crippen molar-refractivity contribution in [1.82, 2.24) is 0 Å². The fourth-order valence-electron chi connectivity index (χ4n) is 1.77. The first-order valence-electron chi connectivity index (χ1n) is 5.86. The van der Waals surface area contributed by atoms with Gasteiger partial charge in [0.2, 0.25) is 14.9 Å². The Morgan fingerprint density at radius 3 is 2.05 bits per heavy atom. The Hall–Kier alpha value is -2.28. The van der Waals surface area contributed by atoms with Crippen LogP contribution in [0, 0.1) is 18.6 Å². The third kappa shape index (κ3) is 2.78. The number of benzene rings is 2. The monoisotopic (exact) mass is 311 g/mol. The summed E-state index contributed by atoms with van der Waals surface area (Å²) < 4.78 is 52.1. The lowest BCUT2D eigenvalue weighted by Gasteiger charge is -2.09. The van der Waals surface area contributed by atoms with E-state index in [-0.39, 0.29) is 4.90 Å². The van der Waals surface area contributed by atoms with Gasteiger partial charge in [-0.2, -0.15) is 0 Å². The van der Waals surface area contributed by atoms with E-state index in [2.05, 4.69) is 5.16 Å². The highest BCUT2D eigenvalue weighted by Crippen LogP contribution is 2.22. The van der Waals surface area contributed by atoms with Crippen molar-refractivity contribution >= 4 is 14.9 Å². The van der Waals surface area contributed by atoms with E-state index in [0.29, 0.717) is 0 Å². The summed E-state index contributed by atoms with van der Waals surface area (Å²) in [4.78, 5) is -0.219. The molecule has 0 radical (unpaired) electrons. The molecule has 0 aliphatic rings. The SMILES string of the molecule is Cc1ccc(S(=O)(=O)C(=NO)c2c(F)cccc2F)cc1. The molecule has 0 heterocycles. The normalized spacial score (nSPS) is 12.4. The number of hydrogen-bond acceptors (Lipinski definition) is 4. The zero-order valence-electron chi connectivity index (χ0n) is 10.9. The predicted octanol–water partition coefficient (Wildman–Crippen LogP) is 2.88. The predicted molar refractivity (Wildman–Crippen MR) is 73.0 cm³/mol. The highest BCUT2D eigenvalue weighted by atomic mass is 32.2. The van der Waals surface area contributed by atoms with Crippen LogP contribution in [0.25, 0.3) is 0 Å². The number of nitrogens with zero attached hydrogens (tertiary/aromatic N) is 1. The number of halogens is 2. The Morgan fingerprint density at radius 2 is 1.57 bits per heavy atom. The van der Waals surface area contributed by atoms with Crippen LogP contribution in [-0.4, -0.2) is 18.7 Å². The molecular weight excluding hydrogens is 300 g/mol.